The van der Waals surface area contributed by atoms with Crippen molar-refractivity contribution < 1.29 is 19.0 Å². The van der Waals surface area contributed by atoms with E-state index in [1.807, 2.05) is 30.3 Å². The van der Waals surface area contributed by atoms with Gasteiger partial charge in [-0.15, -0.1) is 5.10 Å². The zero-order chi connectivity index (χ0) is 20.6. The highest BCUT2D eigenvalue weighted by molar-refractivity contribution is 7.99. The van der Waals surface area contributed by atoms with Crippen molar-refractivity contribution in [3.05, 3.63) is 54.4 Å². The molecule has 1 aromatic heterocycles. The van der Waals surface area contributed by atoms with Gasteiger partial charge in [0.15, 0.2) is 11.5 Å². The van der Waals surface area contributed by atoms with Gasteiger partial charge in [-0.25, -0.2) is 9.67 Å². The van der Waals surface area contributed by atoms with Gasteiger partial charge in [0.25, 0.3) is 0 Å². The van der Waals surface area contributed by atoms with Gasteiger partial charge in [-0.2, -0.15) is 0 Å². The summed E-state index contributed by atoms with van der Waals surface area (Å²) in [4.78, 5) is 16.5. The number of para-hydroxylation sites is 1. The number of amides is 1. The Balaban J connectivity index is 1.56. The van der Waals surface area contributed by atoms with Crippen LogP contribution in [0, 0.1) is 0 Å². The predicted molar refractivity (Wildman–Crippen MR) is 110 cm³/mol. The summed E-state index contributed by atoms with van der Waals surface area (Å²) in [5.41, 5.74) is 1.70. The molecule has 0 aliphatic heterocycles. The molecule has 29 heavy (non-hydrogen) atoms. The quantitative estimate of drug-likeness (QED) is 0.539. The van der Waals surface area contributed by atoms with E-state index >= 15 is 0 Å². The molecule has 0 saturated carbocycles. The molecule has 1 N–H and O–H groups in total. The first-order chi connectivity index (χ1) is 14.1. The van der Waals surface area contributed by atoms with Crippen LogP contribution in [0.5, 0.6) is 17.2 Å². The molecule has 0 saturated heterocycles. The summed E-state index contributed by atoms with van der Waals surface area (Å²) in [6.07, 6.45) is 1.63. The highest BCUT2D eigenvalue weighted by atomic mass is 32.2. The minimum absolute atomic E-state index is 0.136. The molecule has 3 aromatic rings. The average molecular weight is 414 g/mol. The van der Waals surface area contributed by atoms with Gasteiger partial charge in [-0.05, 0) is 18.2 Å². The smallest absolute Gasteiger partial charge is 0.230 e. The van der Waals surface area contributed by atoms with Crippen LogP contribution in [0.1, 0.15) is 5.56 Å². The summed E-state index contributed by atoms with van der Waals surface area (Å²) >= 11 is 1.27. The highest BCUT2D eigenvalue weighted by Gasteiger charge is 2.13. The normalized spacial score (nSPS) is 10.4. The number of hydrogen-bond acceptors (Lipinski definition) is 7. The Bertz CT molecular complexity index is 962. The predicted octanol–water partition coefficient (Wildman–Crippen LogP) is 2.70. The second-order valence-corrected chi connectivity index (χ2v) is 6.83. The lowest BCUT2D eigenvalue weighted by molar-refractivity contribution is -0.118. The first kappa shape index (κ1) is 20.5. The van der Waals surface area contributed by atoms with E-state index in [4.69, 9.17) is 14.2 Å². The summed E-state index contributed by atoms with van der Waals surface area (Å²) in [5, 5.41) is 7.79. The molecule has 2 aromatic carbocycles. The van der Waals surface area contributed by atoms with Crippen molar-refractivity contribution in [2.45, 2.75) is 11.7 Å². The van der Waals surface area contributed by atoms with Crippen molar-refractivity contribution in [2.24, 2.45) is 0 Å². The van der Waals surface area contributed by atoms with E-state index in [0.29, 0.717) is 28.9 Å². The highest BCUT2D eigenvalue weighted by Crippen LogP contribution is 2.34. The SMILES string of the molecule is COc1cc(OC)c(OC)cc1CNC(=O)CSc1ncn(-c2ccccc2)n1. The fourth-order valence-electron chi connectivity index (χ4n) is 2.62. The van der Waals surface area contributed by atoms with E-state index in [-0.39, 0.29) is 11.7 Å². The Morgan fingerprint density at radius 2 is 1.72 bits per heavy atom. The number of methoxy groups -OCH3 is 3. The molecular weight excluding hydrogens is 392 g/mol. The average Bonchev–Trinajstić information content (AvgIpc) is 3.25. The van der Waals surface area contributed by atoms with Crippen molar-refractivity contribution in [1.29, 1.82) is 0 Å². The minimum Gasteiger partial charge on any atom is -0.496 e. The summed E-state index contributed by atoms with van der Waals surface area (Å²) < 4.78 is 17.6. The van der Waals surface area contributed by atoms with E-state index in [2.05, 4.69) is 15.4 Å². The fraction of sp³-hybridized carbons (Fsp3) is 0.250. The Kier molecular flexibility index (Phi) is 6.96. The molecule has 3 rings (SSSR count). The zero-order valence-electron chi connectivity index (χ0n) is 16.4. The third-order valence-corrected chi connectivity index (χ3v) is 4.94. The molecule has 0 spiro atoms. The second-order valence-electron chi connectivity index (χ2n) is 5.89. The number of benzene rings is 2. The molecule has 1 heterocycles. The summed E-state index contributed by atoms with van der Waals surface area (Å²) in [6.45, 7) is 0.300. The van der Waals surface area contributed by atoms with Crippen molar-refractivity contribution in [1.82, 2.24) is 20.1 Å². The minimum atomic E-state index is -0.136. The van der Waals surface area contributed by atoms with Crippen molar-refractivity contribution in [3.8, 4) is 22.9 Å². The number of carbonyl (C=O) groups is 1. The maximum absolute atomic E-state index is 12.3. The lowest BCUT2D eigenvalue weighted by atomic mass is 10.1. The third-order valence-electron chi connectivity index (χ3n) is 4.09. The van der Waals surface area contributed by atoms with Gasteiger partial charge in [-0.1, -0.05) is 30.0 Å². The molecule has 8 nitrogen and oxygen atoms in total. The van der Waals surface area contributed by atoms with Gasteiger partial charge in [0.2, 0.25) is 11.1 Å². The van der Waals surface area contributed by atoms with Crippen LogP contribution in [-0.2, 0) is 11.3 Å². The second kappa shape index (κ2) is 9.83. The van der Waals surface area contributed by atoms with Gasteiger partial charge in [0.05, 0.1) is 32.8 Å². The zero-order valence-corrected chi connectivity index (χ0v) is 17.2. The van der Waals surface area contributed by atoms with Crippen molar-refractivity contribution in [3.63, 3.8) is 0 Å². The lowest BCUT2D eigenvalue weighted by Gasteiger charge is -2.14. The first-order valence-electron chi connectivity index (χ1n) is 8.80. The Morgan fingerprint density at radius 3 is 2.41 bits per heavy atom. The Labute approximate surface area is 173 Å². The Morgan fingerprint density at radius 1 is 1.03 bits per heavy atom. The molecule has 1 amide bonds. The molecule has 0 fully saturated rings. The van der Waals surface area contributed by atoms with Crippen LogP contribution in [0.25, 0.3) is 5.69 Å². The van der Waals surface area contributed by atoms with Crippen LogP contribution < -0.4 is 19.5 Å². The molecule has 0 aliphatic rings. The van der Waals surface area contributed by atoms with E-state index in [1.165, 1.54) is 11.8 Å². The molecule has 0 aliphatic carbocycles. The van der Waals surface area contributed by atoms with Gasteiger partial charge >= 0.3 is 0 Å². The van der Waals surface area contributed by atoms with Gasteiger partial charge in [-0.3, -0.25) is 4.79 Å². The van der Waals surface area contributed by atoms with Crippen molar-refractivity contribution in [2.75, 3.05) is 27.1 Å². The summed E-state index contributed by atoms with van der Waals surface area (Å²) in [5.74, 6) is 1.81. The topological polar surface area (TPSA) is 87.5 Å². The maximum Gasteiger partial charge on any atom is 0.230 e. The summed E-state index contributed by atoms with van der Waals surface area (Å²) in [6, 6.07) is 13.2. The number of thioether (sulfide) groups is 1. The van der Waals surface area contributed by atoms with Crippen LogP contribution in [0.15, 0.2) is 53.9 Å². The molecule has 0 atom stereocenters. The van der Waals surface area contributed by atoms with Gasteiger partial charge in [0, 0.05) is 18.2 Å². The number of nitrogens with zero attached hydrogens (tertiary/aromatic N) is 3. The van der Waals surface area contributed by atoms with E-state index < -0.39 is 0 Å². The molecule has 0 radical (unpaired) electrons. The fourth-order valence-corrected chi connectivity index (χ4v) is 3.25. The standard InChI is InChI=1S/C20H22N4O4S/c1-26-16-10-18(28-3)17(27-2)9-14(16)11-21-19(25)12-29-20-22-13-24(23-20)15-7-5-4-6-8-15/h4-10,13H,11-12H2,1-3H3,(H,21,25). The number of ether oxygens (including phenoxy) is 3. The summed E-state index contributed by atoms with van der Waals surface area (Å²) in [7, 11) is 4.69. The van der Waals surface area contributed by atoms with E-state index in [1.54, 1.807) is 44.5 Å². The number of hydrogen-bond donors (Lipinski definition) is 1. The maximum atomic E-state index is 12.3. The van der Waals surface area contributed by atoms with Crippen molar-refractivity contribution >= 4 is 17.7 Å². The molecular formula is C20H22N4O4S. The molecule has 152 valence electrons. The van der Waals surface area contributed by atoms with Crippen LogP contribution in [0.4, 0.5) is 0 Å². The van der Waals surface area contributed by atoms with E-state index in [9.17, 15) is 4.79 Å². The third kappa shape index (κ3) is 5.20. The Hall–Kier alpha value is -3.20. The monoisotopic (exact) mass is 414 g/mol. The largest absolute Gasteiger partial charge is 0.496 e. The number of aromatic nitrogens is 3. The van der Waals surface area contributed by atoms with E-state index in [0.717, 1.165) is 11.3 Å². The van der Waals surface area contributed by atoms with Crippen LogP contribution in [0.3, 0.4) is 0 Å². The van der Waals surface area contributed by atoms with Crippen LogP contribution >= 0.6 is 11.8 Å². The molecule has 0 unspecified atom stereocenters. The van der Waals surface area contributed by atoms with Gasteiger partial charge in [0.1, 0.15) is 12.1 Å². The number of nitrogens with one attached hydrogen (secondary N) is 1. The van der Waals surface area contributed by atoms with Gasteiger partial charge < -0.3 is 19.5 Å². The number of rotatable bonds is 9. The van der Waals surface area contributed by atoms with Crippen LogP contribution in [0.2, 0.25) is 0 Å². The number of carbonyl (C=O) groups excluding carboxylic acids is 1. The lowest BCUT2D eigenvalue weighted by Crippen LogP contribution is -2.25. The van der Waals surface area contributed by atoms with Crippen LogP contribution in [-0.4, -0.2) is 47.8 Å². The molecule has 0 bridgehead atoms. The molecule has 9 heteroatoms. The first-order valence-corrected chi connectivity index (χ1v) is 9.78.